The van der Waals surface area contributed by atoms with Crippen molar-refractivity contribution in [2.75, 3.05) is 13.2 Å². The van der Waals surface area contributed by atoms with Crippen molar-refractivity contribution in [2.45, 2.75) is 0 Å². The van der Waals surface area contributed by atoms with Gasteiger partial charge in [-0.15, -0.1) is 0 Å². The van der Waals surface area contributed by atoms with Gasteiger partial charge in [-0.1, -0.05) is 0 Å². The minimum atomic E-state index is -0.125. The molecule has 0 radical (unpaired) electrons. The summed E-state index contributed by atoms with van der Waals surface area (Å²) < 4.78 is 0. The van der Waals surface area contributed by atoms with Gasteiger partial charge in [0.25, 0.3) is 0 Å². The molecule has 0 aromatic heterocycles. The van der Waals surface area contributed by atoms with Crippen LogP contribution in [-0.4, -0.2) is 46.5 Å². The molecule has 0 bridgehead atoms. The molecule has 0 aromatic rings. The molecule has 0 heterocycles. The third-order valence-electron chi connectivity index (χ3n) is 0.1000. The van der Waals surface area contributed by atoms with Crippen molar-refractivity contribution in [3.05, 3.63) is 0 Å². The maximum Gasteiger partial charge on any atom is 2.00 e. The Bertz CT molecular complexity index is 9.61. The fourth-order valence-corrected chi connectivity index (χ4v) is 0. The molecule has 2 nitrogen and oxygen atoms in total. The summed E-state index contributed by atoms with van der Waals surface area (Å²) in [5.41, 5.74) is 0. The van der Waals surface area contributed by atoms with E-state index in [9.17, 15) is 0 Å². The molecular weight excluding hydrogens is 80.3 g/mol. The van der Waals surface area contributed by atoms with E-state index in [0.29, 0.717) is 0 Å². The van der Waals surface area contributed by atoms with Gasteiger partial charge in [0.2, 0.25) is 0 Å². The van der Waals surface area contributed by atoms with Crippen molar-refractivity contribution in [3.8, 4) is 0 Å². The molecule has 5 heavy (non-hydrogen) atoms. The second kappa shape index (κ2) is 8.82. The van der Waals surface area contributed by atoms with E-state index in [0.717, 1.165) is 0 Å². The van der Waals surface area contributed by atoms with Gasteiger partial charge < -0.3 is 10.2 Å². The summed E-state index contributed by atoms with van der Waals surface area (Å²) in [5.74, 6) is 0. The summed E-state index contributed by atoms with van der Waals surface area (Å²) in [4.78, 5) is 0. The van der Waals surface area contributed by atoms with Crippen molar-refractivity contribution in [3.63, 3.8) is 0 Å². The van der Waals surface area contributed by atoms with E-state index in [-0.39, 0.29) is 36.3 Å². The molecule has 0 saturated carbocycles. The minimum absolute atomic E-state index is 0. The van der Waals surface area contributed by atoms with Crippen LogP contribution in [0.25, 0.3) is 0 Å². The molecular formula is C2H6MgO2+2. The largest absolute Gasteiger partial charge is 2.00 e. The first-order valence-electron chi connectivity index (χ1n) is 1.13. The third-order valence-corrected chi connectivity index (χ3v) is 0.1000. The van der Waals surface area contributed by atoms with Crippen LogP contribution in [-0.2, 0) is 0 Å². The Labute approximate surface area is 47.0 Å². The molecule has 0 aliphatic rings. The van der Waals surface area contributed by atoms with E-state index < -0.39 is 0 Å². The Balaban J connectivity index is 0. The normalized spacial score (nSPS) is 6.00. The molecule has 0 amide bonds. The number of aliphatic hydroxyl groups excluding tert-OH is 2. The number of rotatable bonds is 1. The first-order chi connectivity index (χ1) is 1.91. The summed E-state index contributed by atoms with van der Waals surface area (Å²) in [7, 11) is 0. The quantitative estimate of drug-likeness (QED) is 0.385. The second-order valence-electron chi connectivity index (χ2n) is 0.447. The Kier molecular flexibility index (Phi) is 16.2. The van der Waals surface area contributed by atoms with Crippen molar-refractivity contribution >= 4 is 23.1 Å². The fraction of sp³-hybridized carbons (Fsp3) is 1.00. The zero-order chi connectivity index (χ0) is 3.41. The monoisotopic (exact) mass is 86.0 g/mol. The molecule has 0 spiro atoms. The molecule has 0 atom stereocenters. The summed E-state index contributed by atoms with van der Waals surface area (Å²) in [6.45, 7) is -0.250. The predicted molar refractivity (Wildman–Crippen MR) is 19.9 cm³/mol. The first kappa shape index (κ1) is 9.19. The van der Waals surface area contributed by atoms with Gasteiger partial charge in [-0.05, 0) is 0 Å². The third kappa shape index (κ3) is 11.9. The van der Waals surface area contributed by atoms with Crippen LogP contribution in [0.1, 0.15) is 0 Å². The van der Waals surface area contributed by atoms with Crippen LogP contribution in [0.5, 0.6) is 0 Å². The van der Waals surface area contributed by atoms with Crippen LogP contribution in [0.3, 0.4) is 0 Å². The van der Waals surface area contributed by atoms with Gasteiger partial charge in [0.1, 0.15) is 0 Å². The van der Waals surface area contributed by atoms with Crippen molar-refractivity contribution in [2.24, 2.45) is 0 Å². The zero-order valence-corrected chi connectivity index (χ0v) is 4.43. The number of hydrogen-bond acceptors (Lipinski definition) is 2. The Hall–Kier alpha value is 0.686. The van der Waals surface area contributed by atoms with Gasteiger partial charge >= 0.3 is 23.1 Å². The molecule has 0 rings (SSSR count). The number of aliphatic hydroxyl groups is 2. The van der Waals surface area contributed by atoms with Crippen molar-refractivity contribution < 1.29 is 10.2 Å². The van der Waals surface area contributed by atoms with Crippen molar-refractivity contribution in [1.29, 1.82) is 0 Å². The minimum Gasteiger partial charge on any atom is -0.394 e. The van der Waals surface area contributed by atoms with Crippen LogP contribution in [0.4, 0.5) is 0 Å². The van der Waals surface area contributed by atoms with Gasteiger partial charge in [0, 0.05) is 0 Å². The average Bonchev–Trinajstić information content (AvgIpc) is 1.37. The standard InChI is InChI=1S/C2H6O2.Mg/c3-1-2-4;/h3-4H,1-2H2;/q;+2. The van der Waals surface area contributed by atoms with E-state index in [1.807, 2.05) is 0 Å². The van der Waals surface area contributed by atoms with Crippen LogP contribution < -0.4 is 0 Å². The van der Waals surface area contributed by atoms with Gasteiger partial charge in [-0.3, -0.25) is 0 Å². The van der Waals surface area contributed by atoms with E-state index in [4.69, 9.17) is 10.2 Å². The molecule has 2 N–H and O–H groups in total. The SMILES string of the molecule is OCCO.[Mg+2]. The van der Waals surface area contributed by atoms with E-state index in [1.54, 1.807) is 0 Å². The van der Waals surface area contributed by atoms with Gasteiger partial charge in [0.15, 0.2) is 0 Å². The Morgan fingerprint density at radius 3 is 1.20 bits per heavy atom. The summed E-state index contributed by atoms with van der Waals surface area (Å²) in [5, 5.41) is 15.2. The Morgan fingerprint density at radius 1 is 1.00 bits per heavy atom. The first-order valence-corrected chi connectivity index (χ1v) is 1.13. The van der Waals surface area contributed by atoms with Gasteiger partial charge in [-0.25, -0.2) is 0 Å². The topological polar surface area (TPSA) is 40.5 Å². The van der Waals surface area contributed by atoms with Crippen LogP contribution in [0.2, 0.25) is 0 Å². The summed E-state index contributed by atoms with van der Waals surface area (Å²) >= 11 is 0. The molecule has 0 saturated heterocycles. The summed E-state index contributed by atoms with van der Waals surface area (Å²) in [6, 6.07) is 0. The molecule has 0 aliphatic heterocycles. The van der Waals surface area contributed by atoms with Crippen molar-refractivity contribution in [1.82, 2.24) is 0 Å². The van der Waals surface area contributed by atoms with Crippen LogP contribution in [0.15, 0.2) is 0 Å². The Morgan fingerprint density at radius 2 is 1.20 bits per heavy atom. The molecule has 0 aliphatic carbocycles. The second-order valence-corrected chi connectivity index (χ2v) is 0.447. The summed E-state index contributed by atoms with van der Waals surface area (Å²) in [6.07, 6.45) is 0. The molecule has 0 fully saturated rings. The van der Waals surface area contributed by atoms with Crippen LogP contribution in [0, 0.1) is 0 Å². The maximum absolute atomic E-state index is 7.62. The van der Waals surface area contributed by atoms with Crippen LogP contribution >= 0.6 is 0 Å². The number of hydrogen-bond donors (Lipinski definition) is 2. The smallest absolute Gasteiger partial charge is 0.394 e. The molecule has 26 valence electrons. The molecule has 0 aromatic carbocycles. The van der Waals surface area contributed by atoms with E-state index in [2.05, 4.69) is 0 Å². The average molecular weight is 86.4 g/mol. The maximum atomic E-state index is 7.62. The predicted octanol–water partition coefficient (Wildman–Crippen LogP) is -1.41. The molecule has 3 heteroatoms. The van der Waals surface area contributed by atoms with Gasteiger partial charge in [0.05, 0.1) is 13.2 Å². The van der Waals surface area contributed by atoms with E-state index >= 15 is 0 Å². The van der Waals surface area contributed by atoms with Gasteiger partial charge in [-0.2, -0.15) is 0 Å². The fourth-order valence-electron chi connectivity index (χ4n) is 0. The van der Waals surface area contributed by atoms with E-state index in [1.165, 1.54) is 0 Å². The zero-order valence-electron chi connectivity index (χ0n) is 3.02. The molecule has 0 unspecified atom stereocenters.